The molecule has 17 heavy (non-hydrogen) atoms. The average molecular weight is 251 g/mol. The lowest BCUT2D eigenvalue weighted by atomic mass is 10.1. The quantitative estimate of drug-likeness (QED) is 0.778. The summed E-state index contributed by atoms with van der Waals surface area (Å²) in [5, 5.41) is 0.555. The topological polar surface area (TPSA) is 52.0 Å². The number of fused-ring (bicyclic) bond motifs is 1. The highest BCUT2D eigenvalue weighted by Crippen LogP contribution is 2.38. The number of hydrogen-bond acceptors (Lipinski definition) is 3. The Morgan fingerprint density at radius 1 is 1.41 bits per heavy atom. The van der Waals surface area contributed by atoms with E-state index in [4.69, 9.17) is 21.8 Å². The average Bonchev–Trinajstić information content (AvgIpc) is 2.94. The summed E-state index contributed by atoms with van der Waals surface area (Å²) in [4.78, 5) is 4.58. The molecule has 1 aromatic heterocycles. The number of nitrogen functional groups attached to an aromatic ring is 1. The molecule has 2 N–H and O–H groups in total. The molecule has 4 heteroatoms. The molecule has 0 spiro atoms. The lowest BCUT2D eigenvalue weighted by molar-refractivity contribution is 0.474. The van der Waals surface area contributed by atoms with Crippen molar-refractivity contribution in [1.82, 2.24) is 4.98 Å². The summed E-state index contributed by atoms with van der Waals surface area (Å²) in [6.07, 6.45) is 4.86. The lowest BCUT2D eigenvalue weighted by Gasteiger charge is -2.00. The van der Waals surface area contributed by atoms with Crippen molar-refractivity contribution in [1.29, 1.82) is 0 Å². The number of anilines is 1. The van der Waals surface area contributed by atoms with Gasteiger partial charge in [0.15, 0.2) is 11.5 Å². The van der Waals surface area contributed by atoms with Gasteiger partial charge in [0.1, 0.15) is 5.52 Å². The molecule has 0 bridgehead atoms. The summed E-state index contributed by atoms with van der Waals surface area (Å²) in [6, 6.07) is 1.74. The molecule has 3 rings (SSSR count). The van der Waals surface area contributed by atoms with Gasteiger partial charge in [0.25, 0.3) is 0 Å². The first kappa shape index (κ1) is 10.9. The second kappa shape index (κ2) is 3.91. The SMILES string of the molecule is Cc1c(N)cc(Cl)c2oc(C3CCCC3)nc12. The van der Waals surface area contributed by atoms with Crippen molar-refractivity contribution >= 4 is 28.4 Å². The first-order valence-corrected chi connectivity index (χ1v) is 6.39. The predicted molar refractivity (Wildman–Crippen MR) is 69.4 cm³/mol. The Hall–Kier alpha value is -1.22. The van der Waals surface area contributed by atoms with Gasteiger partial charge in [0.05, 0.1) is 5.02 Å². The molecule has 0 amide bonds. The molecule has 1 aromatic carbocycles. The summed E-state index contributed by atoms with van der Waals surface area (Å²) in [5.74, 6) is 1.28. The zero-order chi connectivity index (χ0) is 12.0. The van der Waals surface area contributed by atoms with E-state index in [1.165, 1.54) is 25.7 Å². The van der Waals surface area contributed by atoms with Crippen LogP contribution in [0.5, 0.6) is 0 Å². The van der Waals surface area contributed by atoms with Gasteiger partial charge in [0, 0.05) is 17.2 Å². The molecule has 1 aliphatic rings. The fourth-order valence-electron chi connectivity index (χ4n) is 2.55. The third-order valence-corrected chi connectivity index (χ3v) is 3.92. The van der Waals surface area contributed by atoms with Gasteiger partial charge in [-0.15, -0.1) is 0 Å². The molecule has 90 valence electrons. The van der Waals surface area contributed by atoms with E-state index in [2.05, 4.69) is 4.98 Å². The van der Waals surface area contributed by atoms with Crippen LogP contribution in [0.4, 0.5) is 5.69 Å². The number of aryl methyl sites for hydroxylation is 1. The van der Waals surface area contributed by atoms with Crippen LogP contribution >= 0.6 is 11.6 Å². The molecule has 2 aromatic rings. The van der Waals surface area contributed by atoms with Crippen LogP contribution in [-0.2, 0) is 0 Å². The Balaban J connectivity index is 2.17. The van der Waals surface area contributed by atoms with Crippen LogP contribution in [0.15, 0.2) is 10.5 Å². The maximum absolute atomic E-state index is 6.14. The van der Waals surface area contributed by atoms with E-state index in [9.17, 15) is 0 Å². The van der Waals surface area contributed by atoms with E-state index < -0.39 is 0 Å². The van der Waals surface area contributed by atoms with Gasteiger partial charge in [0.2, 0.25) is 0 Å². The van der Waals surface area contributed by atoms with Crippen LogP contribution in [-0.4, -0.2) is 4.98 Å². The van der Waals surface area contributed by atoms with E-state index in [0.717, 1.165) is 17.0 Å². The lowest BCUT2D eigenvalue weighted by Crippen LogP contribution is -1.92. The Kier molecular flexibility index (Phi) is 2.51. The number of aromatic nitrogens is 1. The Morgan fingerprint density at radius 2 is 2.12 bits per heavy atom. The summed E-state index contributed by atoms with van der Waals surface area (Å²) >= 11 is 6.14. The Labute approximate surface area is 105 Å². The van der Waals surface area contributed by atoms with E-state index in [1.54, 1.807) is 6.07 Å². The number of halogens is 1. The summed E-state index contributed by atoms with van der Waals surface area (Å²) < 4.78 is 5.82. The first-order chi connectivity index (χ1) is 8.16. The molecular formula is C13H15ClN2O. The monoisotopic (exact) mass is 250 g/mol. The minimum absolute atomic E-state index is 0.457. The van der Waals surface area contributed by atoms with Gasteiger partial charge in [-0.1, -0.05) is 24.4 Å². The van der Waals surface area contributed by atoms with E-state index >= 15 is 0 Å². The van der Waals surface area contributed by atoms with Crippen molar-refractivity contribution in [2.24, 2.45) is 0 Å². The fraction of sp³-hybridized carbons (Fsp3) is 0.462. The maximum Gasteiger partial charge on any atom is 0.198 e. The number of hydrogen-bond donors (Lipinski definition) is 1. The molecule has 0 aliphatic heterocycles. The van der Waals surface area contributed by atoms with Crippen LogP contribution in [0.3, 0.4) is 0 Å². The maximum atomic E-state index is 6.14. The fourth-order valence-corrected chi connectivity index (χ4v) is 2.79. The van der Waals surface area contributed by atoms with Crippen molar-refractivity contribution in [2.45, 2.75) is 38.5 Å². The van der Waals surface area contributed by atoms with Crippen LogP contribution in [0.2, 0.25) is 5.02 Å². The second-order valence-corrected chi connectivity index (χ2v) is 5.19. The summed E-state index contributed by atoms with van der Waals surface area (Å²) in [7, 11) is 0. The molecule has 1 fully saturated rings. The number of rotatable bonds is 1. The van der Waals surface area contributed by atoms with Gasteiger partial charge in [-0.3, -0.25) is 0 Å². The highest BCUT2D eigenvalue weighted by molar-refractivity contribution is 6.35. The van der Waals surface area contributed by atoms with Crippen molar-refractivity contribution in [3.05, 3.63) is 22.5 Å². The highest BCUT2D eigenvalue weighted by Gasteiger charge is 2.23. The molecule has 1 aliphatic carbocycles. The minimum atomic E-state index is 0.457. The van der Waals surface area contributed by atoms with Gasteiger partial charge in [-0.05, 0) is 25.8 Å². The molecule has 0 unspecified atom stereocenters. The van der Waals surface area contributed by atoms with Crippen LogP contribution in [0, 0.1) is 6.92 Å². The normalized spacial score (nSPS) is 17.1. The standard InChI is InChI=1S/C13H15ClN2O/c1-7-10(15)6-9(14)12-11(7)16-13(17-12)8-4-2-3-5-8/h6,8H,2-5,15H2,1H3. The molecular weight excluding hydrogens is 236 g/mol. The van der Waals surface area contributed by atoms with Crippen molar-refractivity contribution in [3.8, 4) is 0 Å². The predicted octanol–water partition coefficient (Wildman–Crippen LogP) is 4.03. The Bertz CT molecular complexity index is 570. The van der Waals surface area contributed by atoms with Crippen molar-refractivity contribution < 1.29 is 4.42 Å². The smallest absolute Gasteiger partial charge is 0.198 e. The highest BCUT2D eigenvalue weighted by atomic mass is 35.5. The molecule has 1 saturated carbocycles. The third kappa shape index (κ3) is 1.69. The molecule has 3 nitrogen and oxygen atoms in total. The van der Waals surface area contributed by atoms with Crippen molar-refractivity contribution in [3.63, 3.8) is 0 Å². The molecule has 0 saturated heterocycles. The molecule has 0 radical (unpaired) electrons. The van der Waals surface area contributed by atoms with Crippen LogP contribution in [0.25, 0.3) is 11.1 Å². The number of nitrogens with two attached hydrogens (primary N) is 1. The minimum Gasteiger partial charge on any atom is -0.439 e. The molecule has 0 atom stereocenters. The molecule has 1 heterocycles. The van der Waals surface area contributed by atoms with E-state index in [1.807, 2.05) is 6.92 Å². The zero-order valence-electron chi connectivity index (χ0n) is 9.79. The van der Waals surface area contributed by atoms with Crippen LogP contribution in [0.1, 0.15) is 43.1 Å². The second-order valence-electron chi connectivity index (χ2n) is 4.78. The van der Waals surface area contributed by atoms with Gasteiger partial charge < -0.3 is 10.2 Å². The summed E-state index contributed by atoms with van der Waals surface area (Å²) in [5.41, 5.74) is 9.01. The van der Waals surface area contributed by atoms with Gasteiger partial charge >= 0.3 is 0 Å². The third-order valence-electron chi connectivity index (χ3n) is 3.64. The Morgan fingerprint density at radius 3 is 2.82 bits per heavy atom. The first-order valence-electron chi connectivity index (χ1n) is 6.02. The number of benzene rings is 1. The van der Waals surface area contributed by atoms with E-state index in [0.29, 0.717) is 22.2 Å². The van der Waals surface area contributed by atoms with E-state index in [-0.39, 0.29) is 0 Å². The number of oxazole rings is 1. The zero-order valence-corrected chi connectivity index (χ0v) is 10.5. The van der Waals surface area contributed by atoms with Crippen molar-refractivity contribution in [2.75, 3.05) is 5.73 Å². The van der Waals surface area contributed by atoms with Gasteiger partial charge in [-0.25, -0.2) is 4.98 Å². The van der Waals surface area contributed by atoms with Gasteiger partial charge in [-0.2, -0.15) is 0 Å². The summed E-state index contributed by atoms with van der Waals surface area (Å²) in [6.45, 7) is 1.95. The number of nitrogens with zero attached hydrogens (tertiary/aromatic N) is 1. The largest absolute Gasteiger partial charge is 0.439 e. The van der Waals surface area contributed by atoms with Crippen LogP contribution < -0.4 is 5.73 Å².